The molecule has 1 aromatic rings. The fourth-order valence-electron chi connectivity index (χ4n) is 1.92. The van der Waals surface area contributed by atoms with Crippen LogP contribution in [0.15, 0.2) is 12.1 Å². The maximum absolute atomic E-state index is 11.4. The number of rotatable bonds is 4. The summed E-state index contributed by atoms with van der Waals surface area (Å²) >= 11 is 0. The first kappa shape index (κ1) is 10.8. The Hall–Kier alpha value is -1.71. The van der Waals surface area contributed by atoms with Crippen LogP contribution in [0, 0.1) is 0 Å². The molecule has 0 unspecified atom stereocenters. The van der Waals surface area contributed by atoms with Crippen LogP contribution >= 0.6 is 0 Å². The molecule has 2 N–H and O–H groups in total. The van der Waals surface area contributed by atoms with Gasteiger partial charge in [0.25, 0.3) is 5.91 Å². The number of amides is 1. The molecule has 1 aliphatic carbocycles. The Labute approximate surface area is 94.3 Å². The SMILES string of the molecule is COc1ccc(C2CC2)c(OC)c1C(N)=O. The second kappa shape index (κ2) is 4.04. The average molecular weight is 221 g/mol. The molecule has 4 nitrogen and oxygen atoms in total. The van der Waals surface area contributed by atoms with Crippen LogP contribution in [0.3, 0.4) is 0 Å². The number of carbonyl (C=O) groups excluding carboxylic acids is 1. The molecule has 1 amide bonds. The van der Waals surface area contributed by atoms with Gasteiger partial charge in [0.1, 0.15) is 17.1 Å². The van der Waals surface area contributed by atoms with Gasteiger partial charge in [-0.1, -0.05) is 6.07 Å². The summed E-state index contributed by atoms with van der Waals surface area (Å²) in [5.41, 5.74) is 6.75. The highest BCUT2D eigenvalue weighted by Gasteiger charge is 2.30. The zero-order valence-corrected chi connectivity index (χ0v) is 9.45. The van der Waals surface area contributed by atoms with Crippen LogP contribution in [-0.2, 0) is 0 Å². The lowest BCUT2D eigenvalue weighted by Gasteiger charge is -2.14. The van der Waals surface area contributed by atoms with Crippen molar-refractivity contribution in [1.82, 2.24) is 0 Å². The van der Waals surface area contributed by atoms with Crippen molar-refractivity contribution in [2.75, 3.05) is 14.2 Å². The van der Waals surface area contributed by atoms with Gasteiger partial charge in [0.05, 0.1) is 14.2 Å². The van der Waals surface area contributed by atoms with Gasteiger partial charge in [0, 0.05) is 0 Å². The third-order valence-electron chi connectivity index (χ3n) is 2.84. The van der Waals surface area contributed by atoms with Gasteiger partial charge in [0.15, 0.2) is 0 Å². The fourth-order valence-corrected chi connectivity index (χ4v) is 1.92. The van der Waals surface area contributed by atoms with E-state index in [4.69, 9.17) is 15.2 Å². The molecule has 1 saturated carbocycles. The molecule has 0 aromatic heterocycles. The number of benzene rings is 1. The molecule has 1 aliphatic rings. The van der Waals surface area contributed by atoms with E-state index in [9.17, 15) is 4.79 Å². The zero-order valence-electron chi connectivity index (χ0n) is 9.45. The second-order valence-electron chi connectivity index (χ2n) is 3.90. The third kappa shape index (κ3) is 1.71. The first-order valence-electron chi connectivity index (χ1n) is 5.23. The first-order valence-corrected chi connectivity index (χ1v) is 5.23. The van der Waals surface area contributed by atoms with Gasteiger partial charge in [-0.15, -0.1) is 0 Å². The molecule has 16 heavy (non-hydrogen) atoms. The molecule has 4 heteroatoms. The minimum atomic E-state index is -0.517. The Kier molecular flexibility index (Phi) is 2.73. The van der Waals surface area contributed by atoms with E-state index in [1.54, 1.807) is 13.2 Å². The molecule has 0 aliphatic heterocycles. The molecular formula is C12H15NO3. The van der Waals surface area contributed by atoms with Gasteiger partial charge in [-0.2, -0.15) is 0 Å². The van der Waals surface area contributed by atoms with E-state index in [1.165, 1.54) is 7.11 Å². The largest absolute Gasteiger partial charge is 0.496 e. The van der Waals surface area contributed by atoms with Crippen molar-refractivity contribution in [3.05, 3.63) is 23.3 Å². The van der Waals surface area contributed by atoms with Gasteiger partial charge >= 0.3 is 0 Å². The lowest BCUT2D eigenvalue weighted by Crippen LogP contribution is -2.15. The molecule has 0 saturated heterocycles. The van der Waals surface area contributed by atoms with E-state index in [0.717, 1.165) is 18.4 Å². The highest BCUT2D eigenvalue weighted by molar-refractivity contribution is 5.99. The van der Waals surface area contributed by atoms with Crippen molar-refractivity contribution in [3.63, 3.8) is 0 Å². The molecule has 0 atom stereocenters. The van der Waals surface area contributed by atoms with E-state index < -0.39 is 5.91 Å². The van der Waals surface area contributed by atoms with E-state index >= 15 is 0 Å². The van der Waals surface area contributed by atoms with E-state index in [2.05, 4.69) is 0 Å². The summed E-state index contributed by atoms with van der Waals surface area (Å²) < 4.78 is 10.4. The maximum Gasteiger partial charge on any atom is 0.256 e. The molecule has 1 fully saturated rings. The van der Waals surface area contributed by atoms with Crippen molar-refractivity contribution < 1.29 is 14.3 Å². The first-order chi connectivity index (χ1) is 7.69. The summed E-state index contributed by atoms with van der Waals surface area (Å²) in [5, 5.41) is 0. The van der Waals surface area contributed by atoms with Gasteiger partial charge in [-0.25, -0.2) is 0 Å². The molecule has 0 bridgehead atoms. The van der Waals surface area contributed by atoms with Crippen LogP contribution in [0.2, 0.25) is 0 Å². The van der Waals surface area contributed by atoms with Crippen molar-refractivity contribution in [2.24, 2.45) is 5.73 Å². The van der Waals surface area contributed by atoms with Gasteiger partial charge in [-0.3, -0.25) is 4.79 Å². The topological polar surface area (TPSA) is 61.6 Å². The van der Waals surface area contributed by atoms with Crippen LogP contribution in [0.5, 0.6) is 11.5 Å². The Morgan fingerprint density at radius 1 is 1.31 bits per heavy atom. The third-order valence-corrected chi connectivity index (χ3v) is 2.84. The molecule has 0 radical (unpaired) electrons. The van der Waals surface area contributed by atoms with Gasteiger partial charge in [-0.05, 0) is 30.4 Å². The van der Waals surface area contributed by atoms with Gasteiger partial charge in [0.2, 0.25) is 0 Å². The number of ether oxygens (including phenoxy) is 2. The Balaban J connectivity index is 2.58. The van der Waals surface area contributed by atoms with Crippen molar-refractivity contribution >= 4 is 5.91 Å². The van der Waals surface area contributed by atoms with Crippen LogP contribution in [0.1, 0.15) is 34.7 Å². The molecule has 0 spiro atoms. The molecule has 0 heterocycles. The number of primary amides is 1. The van der Waals surface area contributed by atoms with Crippen molar-refractivity contribution in [2.45, 2.75) is 18.8 Å². The number of nitrogens with two attached hydrogens (primary N) is 1. The van der Waals surface area contributed by atoms with E-state index in [0.29, 0.717) is 23.0 Å². The molecule has 86 valence electrons. The van der Waals surface area contributed by atoms with Crippen molar-refractivity contribution in [1.29, 1.82) is 0 Å². The summed E-state index contributed by atoms with van der Waals surface area (Å²) in [6, 6.07) is 3.72. The standard InChI is InChI=1S/C12H15NO3/c1-15-9-6-5-8(7-3-4-7)11(16-2)10(9)12(13)14/h5-7H,3-4H2,1-2H3,(H2,13,14). The summed E-state index contributed by atoms with van der Waals surface area (Å²) in [6.45, 7) is 0. The van der Waals surface area contributed by atoms with Crippen LogP contribution in [0.25, 0.3) is 0 Å². The van der Waals surface area contributed by atoms with E-state index in [1.807, 2.05) is 6.07 Å². The maximum atomic E-state index is 11.4. The normalized spacial score (nSPS) is 14.6. The minimum Gasteiger partial charge on any atom is -0.496 e. The number of hydrogen-bond donors (Lipinski definition) is 1. The van der Waals surface area contributed by atoms with Crippen LogP contribution in [-0.4, -0.2) is 20.1 Å². The number of carbonyl (C=O) groups is 1. The summed E-state index contributed by atoms with van der Waals surface area (Å²) in [6.07, 6.45) is 2.28. The lowest BCUT2D eigenvalue weighted by atomic mass is 10.0. The highest BCUT2D eigenvalue weighted by atomic mass is 16.5. The molecule has 2 rings (SSSR count). The zero-order chi connectivity index (χ0) is 11.7. The Morgan fingerprint density at radius 2 is 2.00 bits per heavy atom. The quantitative estimate of drug-likeness (QED) is 0.841. The van der Waals surface area contributed by atoms with Crippen LogP contribution in [0.4, 0.5) is 0 Å². The van der Waals surface area contributed by atoms with Gasteiger partial charge < -0.3 is 15.2 Å². The summed E-state index contributed by atoms with van der Waals surface area (Å²) in [7, 11) is 3.06. The Morgan fingerprint density at radius 3 is 2.44 bits per heavy atom. The summed E-state index contributed by atoms with van der Waals surface area (Å²) in [4.78, 5) is 11.4. The van der Waals surface area contributed by atoms with Crippen molar-refractivity contribution in [3.8, 4) is 11.5 Å². The second-order valence-corrected chi connectivity index (χ2v) is 3.90. The average Bonchev–Trinajstić information content (AvgIpc) is 3.10. The minimum absolute atomic E-state index is 0.342. The Bertz CT molecular complexity index is 425. The molecular weight excluding hydrogens is 206 g/mol. The number of methoxy groups -OCH3 is 2. The smallest absolute Gasteiger partial charge is 0.256 e. The van der Waals surface area contributed by atoms with Crippen LogP contribution < -0.4 is 15.2 Å². The fraction of sp³-hybridized carbons (Fsp3) is 0.417. The lowest BCUT2D eigenvalue weighted by molar-refractivity contribution is 0.0994. The summed E-state index contributed by atoms with van der Waals surface area (Å²) in [5.74, 6) is 1.01. The number of hydrogen-bond acceptors (Lipinski definition) is 3. The highest BCUT2D eigenvalue weighted by Crippen LogP contribution is 2.46. The predicted molar refractivity (Wildman–Crippen MR) is 60.0 cm³/mol. The monoisotopic (exact) mass is 221 g/mol. The predicted octanol–water partition coefficient (Wildman–Crippen LogP) is 1.68. The van der Waals surface area contributed by atoms with E-state index in [-0.39, 0.29) is 0 Å². The molecule has 1 aromatic carbocycles.